The number of nitrogens with one attached hydrogen (secondary N) is 1. The normalized spacial score (nSPS) is 29.1. The van der Waals surface area contributed by atoms with Gasteiger partial charge in [0.25, 0.3) is 0 Å². The van der Waals surface area contributed by atoms with Crippen molar-refractivity contribution in [1.82, 2.24) is 10.2 Å². The third-order valence-corrected chi connectivity index (χ3v) is 4.55. The molecule has 17 heavy (non-hydrogen) atoms. The summed E-state index contributed by atoms with van der Waals surface area (Å²) in [4.78, 5) is 2.70. The number of nitrogens with zero attached hydrogens (tertiary/aromatic N) is 1. The van der Waals surface area contributed by atoms with Gasteiger partial charge in [-0.15, -0.1) is 0 Å². The maximum Gasteiger partial charge on any atom is 0.0195 e. The van der Waals surface area contributed by atoms with Gasteiger partial charge in [-0.1, -0.05) is 32.6 Å². The standard InChI is InChI=1S/C15H30N2/c1-2-6-14-8-11-17(12-9-14)13-15-7-4-3-5-10-16-15/h14-16H,2-13H2,1H3. The highest BCUT2D eigenvalue weighted by Gasteiger charge is 2.21. The van der Waals surface area contributed by atoms with E-state index in [2.05, 4.69) is 17.1 Å². The van der Waals surface area contributed by atoms with E-state index in [-0.39, 0.29) is 0 Å². The van der Waals surface area contributed by atoms with Gasteiger partial charge >= 0.3 is 0 Å². The summed E-state index contributed by atoms with van der Waals surface area (Å²) in [6.07, 6.45) is 11.4. The van der Waals surface area contributed by atoms with E-state index in [9.17, 15) is 0 Å². The highest BCUT2D eigenvalue weighted by atomic mass is 15.2. The van der Waals surface area contributed by atoms with Crippen LogP contribution in [0.2, 0.25) is 0 Å². The molecule has 0 amide bonds. The van der Waals surface area contributed by atoms with E-state index in [0.29, 0.717) is 0 Å². The average molecular weight is 238 g/mol. The van der Waals surface area contributed by atoms with Gasteiger partial charge in [-0.25, -0.2) is 0 Å². The van der Waals surface area contributed by atoms with E-state index in [1.807, 2.05) is 0 Å². The van der Waals surface area contributed by atoms with Crippen LogP contribution in [-0.2, 0) is 0 Å². The van der Waals surface area contributed by atoms with Crippen molar-refractivity contribution in [3.05, 3.63) is 0 Å². The van der Waals surface area contributed by atoms with Gasteiger partial charge in [-0.05, 0) is 51.2 Å². The van der Waals surface area contributed by atoms with Crippen molar-refractivity contribution < 1.29 is 0 Å². The molecule has 0 aromatic carbocycles. The molecule has 2 fully saturated rings. The molecule has 1 unspecified atom stereocenters. The van der Waals surface area contributed by atoms with Crippen molar-refractivity contribution in [1.29, 1.82) is 0 Å². The summed E-state index contributed by atoms with van der Waals surface area (Å²) in [5.41, 5.74) is 0. The van der Waals surface area contributed by atoms with Gasteiger partial charge in [0.2, 0.25) is 0 Å². The Morgan fingerprint density at radius 3 is 2.65 bits per heavy atom. The summed E-state index contributed by atoms with van der Waals surface area (Å²) in [6, 6.07) is 0.778. The molecule has 0 aliphatic carbocycles. The number of likely N-dealkylation sites (tertiary alicyclic amines) is 1. The molecule has 2 aliphatic heterocycles. The molecule has 0 spiro atoms. The van der Waals surface area contributed by atoms with Crippen LogP contribution in [-0.4, -0.2) is 37.1 Å². The fourth-order valence-electron chi connectivity index (χ4n) is 3.43. The predicted molar refractivity (Wildman–Crippen MR) is 74.3 cm³/mol. The van der Waals surface area contributed by atoms with Gasteiger partial charge in [-0.2, -0.15) is 0 Å². The van der Waals surface area contributed by atoms with Crippen molar-refractivity contribution in [3.8, 4) is 0 Å². The van der Waals surface area contributed by atoms with E-state index < -0.39 is 0 Å². The van der Waals surface area contributed by atoms with Crippen LogP contribution >= 0.6 is 0 Å². The Bertz CT molecular complexity index is 189. The molecule has 2 saturated heterocycles. The van der Waals surface area contributed by atoms with E-state index >= 15 is 0 Å². The molecule has 0 bridgehead atoms. The lowest BCUT2D eigenvalue weighted by atomic mass is 9.92. The second-order valence-electron chi connectivity index (χ2n) is 6.03. The van der Waals surface area contributed by atoms with Crippen molar-refractivity contribution in [2.24, 2.45) is 5.92 Å². The summed E-state index contributed by atoms with van der Waals surface area (Å²) in [6.45, 7) is 7.57. The summed E-state index contributed by atoms with van der Waals surface area (Å²) >= 11 is 0. The van der Waals surface area contributed by atoms with Crippen molar-refractivity contribution in [3.63, 3.8) is 0 Å². The van der Waals surface area contributed by atoms with Crippen molar-refractivity contribution >= 4 is 0 Å². The topological polar surface area (TPSA) is 15.3 Å². The van der Waals surface area contributed by atoms with Crippen molar-refractivity contribution in [2.45, 2.75) is 64.3 Å². The minimum absolute atomic E-state index is 0.778. The Kier molecular flexibility index (Phi) is 5.79. The van der Waals surface area contributed by atoms with Crippen LogP contribution in [0.25, 0.3) is 0 Å². The zero-order valence-electron chi connectivity index (χ0n) is 11.6. The quantitative estimate of drug-likeness (QED) is 0.810. The third-order valence-electron chi connectivity index (χ3n) is 4.55. The smallest absolute Gasteiger partial charge is 0.0195 e. The number of hydrogen-bond acceptors (Lipinski definition) is 2. The minimum Gasteiger partial charge on any atom is -0.313 e. The Balaban J connectivity index is 1.66. The Morgan fingerprint density at radius 2 is 1.88 bits per heavy atom. The molecule has 2 nitrogen and oxygen atoms in total. The second kappa shape index (κ2) is 7.38. The van der Waals surface area contributed by atoms with E-state index in [0.717, 1.165) is 12.0 Å². The van der Waals surface area contributed by atoms with Gasteiger partial charge in [0, 0.05) is 12.6 Å². The first-order valence-electron chi connectivity index (χ1n) is 7.84. The third kappa shape index (κ3) is 4.59. The van der Waals surface area contributed by atoms with Crippen LogP contribution in [0.4, 0.5) is 0 Å². The first kappa shape index (κ1) is 13.4. The van der Waals surface area contributed by atoms with Crippen LogP contribution in [0.3, 0.4) is 0 Å². The monoisotopic (exact) mass is 238 g/mol. The molecule has 100 valence electrons. The van der Waals surface area contributed by atoms with Crippen molar-refractivity contribution in [2.75, 3.05) is 26.2 Å². The first-order valence-corrected chi connectivity index (χ1v) is 7.84. The van der Waals surface area contributed by atoms with E-state index in [1.165, 1.54) is 77.5 Å². The summed E-state index contributed by atoms with van der Waals surface area (Å²) in [5, 5.41) is 3.72. The summed E-state index contributed by atoms with van der Waals surface area (Å²) in [7, 11) is 0. The molecule has 2 aliphatic rings. The maximum atomic E-state index is 3.72. The minimum atomic E-state index is 0.778. The Labute approximate surface area is 107 Å². The average Bonchev–Trinajstić information content (AvgIpc) is 2.61. The lowest BCUT2D eigenvalue weighted by Crippen LogP contribution is -2.44. The first-order chi connectivity index (χ1) is 8.38. The SMILES string of the molecule is CCCC1CCN(CC2CCCCCN2)CC1. The van der Waals surface area contributed by atoms with Gasteiger partial charge in [0.05, 0.1) is 0 Å². The van der Waals surface area contributed by atoms with Gasteiger partial charge < -0.3 is 10.2 Å². The lowest BCUT2D eigenvalue weighted by molar-refractivity contribution is 0.162. The van der Waals surface area contributed by atoms with Crippen LogP contribution in [0.1, 0.15) is 58.3 Å². The maximum absolute atomic E-state index is 3.72. The molecule has 2 rings (SSSR count). The summed E-state index contributed by atoms with van der Waals surface area (Å²) in [5.74, 6) is 1.03. The molecule has 1 N–H and O–H groups in total. The Morgan fingerprint density at radius 1 is 1.06 bits per heavy atom. The van der Waals surface area contributed by atoms with Gasteiger partial charge in [0.15, 0.2) is 0 Å². The van der Waals surface area contributed by atoms with Gasteiger partial charge in [-0.3, -0.25) is 0 Å². The zero-order valence-corrected chi connectivity index (χ0v) is 11.6. The molecule has 0 saturated carbocycles. The number of rotatable bonds is 4. The van der Waals surface area contributed by atoms with E-state index in [1.54, 1.807) is 0 Å². The fourth-order valence-corrected chi connectivity index (χ4v) is 3.43. The van der Waals surface area contributed by atoms with Crippen LogP contribution in [0, 0.1) is 5.92 Å². The van der Waals surface area contributed by atoms with E-state index in [4.69, 9.17) is 0 Å². The summed E-state index contributed by atoms with van der Waals surface area (Å²) < 4.78 is 0. The predicted octanol–water partition coefficient (Wildman–Crippen LogP) is 3.03. The number of piperidine rings is 1. The Hall–Kier alpha value is -0.0800. The van der Waals surface area contributed by atoms with Crippen LogP contribution < -0.4 is 5.32 Å². The molecule has 0 aromatic heterocycles. The molecule has 1 atom stereocenters. The largest absolute Gasteiger partial charge is 0.313 e. The molecule has 0 aromatic rings. The molecule has 0 radical (unpaired) electrons. The van der Waals surface area contributed by atoms with Gasteiger partial charge in [0.1, 0.15) is 0 Å². The zero-order chi connectivity index (χ0) is 11.9. The van der Waals surface area contributed by atoms with Crippen LogP contribution in [0.15, 0.2) is 0 Å². The molecule has 2 heteroatoms. The highest BCUT2D eigenvalue weighted by Crippen LogP contribution is 2.22. The molecular formula is C15H30N2. The van der Waals surface area contributed by atoms with Crippen LogP contribution in [0.5, 0.6) is 0 Å². The second-order valence-corrected chi connectivity index (χ2v) is 6.03. The number of hydrogen-bond donors (Lipinski definition) is 1. The molecular weight excluding hydrogens is 208 g/mol. The lowest BCUT2D eigenvalue weighted by Gasteiger charge is -2.34. The highest BCUT2D eigenvalue weighted by molar-refractivity contribution is 4.78. The fraction of sp³-hybridized carbons (Fsp3) is 1.00. The molecule has 2 heterocycles.